The molecule has 0 spiro atoms. The van der Waals surface area contributed by atoms with E-state index in [-0.39, 0.29) is 24.0 Å². The van der Waals surface area contributed by atoms with E-state index < -0.39 is 5.82 Å². The monoisotopic (exact) mass is 457 g/mol. The van der Waals surface area contributed by atoms with Gasteiger partial charge < -0.3 is 10.0 Å². The van der Waals surface area contributed by atoms with Crippen LogP contribution in [0.3, 0.4) is 0 Å². The van der Waals surface area contributed by atoms with Crippen LogP contribution in [0.1, 0.15) is 66.7 Å². The predicted molar refractivity (Wildman–Crippen MR) is 128 cm³/mol. The largest absolute Gasteiger partial charge is 0.396 e. The number of aliphatic imine (C=N–C) groups is 1. The topological polar surface area (TPSA) is 76.7 Å². The minimum absolute atomic E-state index is 0.0291. The first kappa shape index (κ1) is 22.5. The van der Waals surface area contributed by atoms with Crippen molar-refractivity contribution in [3.05, 3.63) is 81.8 Å². The zero-order chi connectivity index (χ0) is 23.8. The van der Waals surface area contributed by atoms with Crippen molar-refractivity contribution in [3.63, 3.8) is 0 Å². The van der Waals surface area contributed by atoms with Gasteiger partial charge >= 0.3 is 0 Å². The first-order chi connectivity index (χ1) is 16.5. The molecule has 0 bridgehead atoms. The second-order valence-electron chi connectivity index (χ2n) is 9.67. The van der Waals surface area contributed by atoms with E-state index in [9.17, 15) is 14.3 Å². The number of likely N-dealkylation sites (tertiary alicyclic amines) is 1. The molecular formula is C28H28FN3O2. The average molecular weight is 458 g/mol. The number of halogens is 1. The van der Waals surface area contributed by atoms with Crippen molar-refractivity contribution in [2.75, 3.05) is 19.7 Å². The van der Waals surface area contributed by atoms with Crippen molar-refractivity contribution in [3.8, 4) is 6.07 Å². The summed E-state index contributed by atoms with van der Waals surface area (Å²) < 4.78 is 14.6. The molecule has 3 aliphatic rings. The van der Waals surface area contributed by atoms with Crippen LogP contribution in [0.5, 0.6) is 0 Å². The summed E-state index contributed by atoms with van der Waals surface area (Å²) in [4.78, 5) is 20.1. The Labute approximate surface area is 199 Å². The summed E-state index contributed by atoms with van der Waals surface area (Å²) in [5, 5.41) is 19.0. The van der Waals surface area contributed by atoms with Gasteiger partial charge in [0.05, 0.1) is 17.2 Å². The zero-order valence-electron chi connectivity index (χ0n) is 19.3. The molecule has 34 heavy (non-hydrogen) atoms. The summed E-state index contributed by atoms with van der Waals surface area (Å²) in [6, 6.07) is 14.7. The number of nitrogens with zero attached hydrogens (tertiary/aromatic N) is 3. The maximum Gasteiger partial charge on any atom is 0.272 e. The lowest BCUT2D eigenvalue weighted by Gasteiger charge is -2.20. The van der Waals surface area contributed by atoms with Gasteiger partial charge in [-0.15, -0.1) is 0 Å². The van der Waals surface area contributed by atoms with Gasteiger partial charge in [0.15, 0.2) is 0 Å². The maximum absolute atomic E-state index is 14.6. The lowest BCUT2D eigenvalue weighted by molar-refractivity contribution is -0.126. The SMILES string of the molecule is CC1CCN(C(=O)C2=C(CCO)C(c3ccc(C4CC4)cc3)C(c3ccc(C#N)c(F)c3)=N2)C1. The highest BCUT2D eigenvalue weighted by atomic mass is 19.1. The van der Waals surface area contributed by atoms with E-state index >= 15 is 0 Å². The quantitative estimate of drug-likeness (QED) is 0.685. The first-order valence-corrected chi connectivity index (χ1v) is 12.0. The van der Waals surface area contributed by atoms with Gasteiger partial charge in [-0.1, -0.05) is 37.3 Å². The third-order valence-corrected chi connectivity index (χ3v) is 7.16. The van der Waals surface area contributed by atoms with E-state index in [0.29, 0.717) is 48.3 Å². The Morgan fingerprint density at radius 2 is 1.91 bits per heavy atom. The molecule has 1 saturated carbocycles. The van der Waals surface area contributed by atoms with Crippen LogP contribution in [-0.4, -0.2) is 41.3 Å². The van der Waals surface area contributed by atoms with Gasteiger partial charge in [0.2, 0.25) is 0 Å². The fourth-order valence-corrected chi connectivity index (χ4v) is 5.13. The summed E-state index contributed by atoms with van der Waals surface area (Å²) in [7, 11) is 0. The summed E-state index contributed by atoms with van der Waals surface area (Å²) in [6.07, 6.45) is 3.69. The summed E-state index contributed by atoms with van der Waals surface area (Å²) in [6.45, 7) is 3.39. The number of carbonyl (C=O) groups excluding carboxylic acids is 1. The molecule has 5 rings (SSSR count). The molecule has 2 aromatic carbocycles. The standard InChI is InChI=1S/C28H28FN3O2/c1-17-10-12-32(16-17)28(34)27-23(11-13-33)25(20-6-4-19(5-7-20)18-2-3-18)26(31-27)21-8-9-22(15-30)24(29)14-21/h4-9,14,17-18,25,33H,2-3,10-13,16H2,1H3. The van der Waals surface area contributed by atoms with E-state index in [4.69, 9.17) is 10.3 Å². The molecule has 2 aliphatic heterocycles. The normalized spacial score (nSPS) is 22.2. The number of aliphatic hydroxyl groups excluding tert-OH is 1. The van der Waals surface area contributed by atoms with E-state index in [0.717, 1.165) is 17.6 Å². The molecule has 1 aliphatic carbocycles. The number of benzene rings is 2. The fourth-order valence-electron chi connectivity index (χ4n) is 5.13. The number of carbonyl (C=O) groups is 1. The second kappa shape index (κ2) is 9.15. The molecule has 1 N–H and O–H groups in total. The van der Waals surface area contributed by atoms with Crippen molar-refractivity contribution in [2.24, 2.45) is 10.9 Å². The molecule has 0 aromatic heterocycles. The molecular weight excluding hydrogens is 429 g/mol. The predicted octanol–water partition coefficient (Wildman–Crippen LogP) is 4.67. The summed E-state index contributed by atoms with van der Waals surface area (Å²) >= 11 is 0. The number of hydrogen-bond donors (Lipinski definition) is 1. The second-order valence-corrected chi connectivity index (χ2v) is 9.67. The lowest BCUT2D eigenvalue weighted by Crippen LogP contribution is -2.29. The van der Waals surface area contributed by atoms with Crippen LogP contribution in [0.2, 0.25) is 0 Å². The number of rotatable bonds is 6. The third-order valence-electron chi connectivity index (χ3n) is 7.16. The minimum Gasteiger partial charge on any atom is -0.396 e. The van der Waals surface area contributed by atoms with Crippen molar-refractivity contribution in [1.29, 1.82) is 5.26 Å². The van der Waals surface area contributed by atoms with Crippen LogP contribution in [0, 0.1) is 23.1 Å². The fraction of sp³-hybridized carbons (Fsp3) is 0.393. The Morgan fingerprint density at radius 1 is 1.18 bits per heavy atom. The van der Waals surface area contributed by atoms with Gasteiger partial charge in [0, 0.05) is 19.7 Å². The Bertz CT molecular complexity index is 1220. The van der Waals surface area contributed by atoms with Crippen molar-refractivity contribution in [2.45, 2.75) is 44.4 Å². The average Bonchev–Trinajstić information content (AvgIpc) is 3.50. The zero-order valence-corrected chi connectivity index (χ0v) is 19.3. The Hall–Kier alpha value is -3.30. The molecule has 0 radical (unpaired) electrons. The molecule has 1 amide bonds. The third kappa shape index (κ3) is 4.17. The highest BCUT2D eigenvalue weighted by Gasteiger charge is 2.37. The van der Waals surface area contributed by atoms with E-state index in [1.165, 1.54) is 30.5 Å². The molecule has 1 saturated heterocycles. The highest BCUT2D eigenvalue weighted by molar-refractivity contribution is 6.13. The van der Waals surface area contributed by atoms with Gasteiger partial charge in [-0.2, -0.15) is 5.26 Å². The Balaban J connectivity index is 1.60. The van der Waals surface area contributed by atoms with Crippen LogP contribution in [0.4, 0.5) is 4.39 Å². The van der Waals surface area contributed by atoms with Gasteiger partial charge in [-0.25, -0.2) is 9.38 Å². The van der Waals surface area contributed by atoms with Crippen molar-refractivity contribution < 1.29 is 14.3 Å². The molecule has 6 heteroatoms. The molecule has 5 nitrogen and oxygen atoms in total. The van der Waals surface area contributed by atoms with Gasteiger partial charge in [0.25, 0.3) is 5.91 Å². The molecule has 2 unspecified atom stereocenters. The lowest BCUT2D eigenvalue weighted by atomic mass is 9.83. The molecule has 2 heterocycles. The number of hydrogen-bond acceptors (Lipinski definition) is 4. The minimum atomic E-state index is -0.609. The van der Waals surface area contributed by atoms with Crippen LogP contribution >= 0.6 is 0 Å². The molecule has 2 aromatic rings. The number of nitriles is 1. The van der Waals surface area contributed by atoms with Gasteiger partial charge in [0.1, 0.15) is 17.6 Å². The van der Waals surface area contributed by atoms with Crippen LogP contribution < -0.4 is 0 Å². The van der Waals surface area contributed by atoms with Crippen LogP contribution in [0.15, 0.2) is 58.7 Å². The van der Waals surface area contributed by atoms with E-state index in [1.807, 2.05) is 11.0 Å². The highest BCUT2D eigenvalue weighted by Crippen LogP contribution is 2.43. The Morgan fingerprint density at radius 3 is 2.50 bits per heavy atom. The van der Waals surface area contributed by atoms with Crippen molar-refractivity contribution >= 4 is 11.6 Å². The van der Waals surface area contributed by atoms with Gasteiger partial charge in [-0.3, -0.25) is 4.79 Å². The smallest absolute Gasteiger partial charge is 0.272 e. The number of aliphatic hydroxyl groups is 1. The van der Waals surface area contributed by atoms with E-state index in [2.05, 4.69) is 31.2 Å². The van der Waals surface area contributed by atoms with Crippen LogP contribution in [0.25, 0.3) is 0 Å². The molecule has 174 valence electrons. The maximum atomic E-state index is 14.6. The van der Waals surface area contributed by atoms with Crippen LogP contribution in [-0.2, 0) is 4.79 Å². The number of amides is 1. The van der Waals surface area contributed by atoms with Gasteiger partial charge in [-0.05, 0) is 71.9 Å². The van der Waals surface area contributed by atoms with E-state index in [1.54, 1.807) is 6.07 Å². The Kier molecular flexibility index (Phi) is 6.05. The summed E-state index contributed by atoms with van der Waals surface area (Å²) in [5.41, 5.74) is 4.50. The first-order valence-electron chi connectivity index (χ1n) is 12.0. The van der Waals surface area contributed by atoms with Crippen molar-refractivity contribution in [1.82, 2.24) is 4.90 Å². The molecule has 2 atom stereocenters. The summed E-state index contributed by atoms with van der Waals surface area (Å²) in [5.74, 6) is -0.0279. The molecule has 2 fully saturated rings.